The number of benzene rings is 3. The van der Waals surface area contributed by atoms with Crippen LogP contribution in [0.3, 0.4) is 0 Å². The van der Waals surface area contributed by atoms with Crippen LogP contribution < -0.4 is 4.90 Å². The summed E-state index contributed by atoms with van der Waals surface area (Å²) in [5, 5.41) is 0. The molecule has 0 heterocycles. The largest absolute Gasteiger partial charge is 0.302 e. The zero-order valence-electron chi connectivity index (χ0n) is 14.6. The second-order valence-electron chi connectivity index (χ2n) is 6.30. The molecule has 26 heavy (non-hydrogen) atoms. The van der Waals surface area contributed by atoms with E-state index in [4.69, 9.17) is 0 Å². The first-order valence-electron chi connectivity index (χ1n) is 8.06. The third-order valence-corrected chi connectivity index (χ3v) is 4.14. The first-order chi connectivity index (χ1) is 12.3. The lowest BCUT2D eigenvalue weighted by Gasteiger charge is -2.27. The number of anilines is 3. The van der Waals surface area contributed by atoms with E-state index in [0.717, 1.165) is 23.1 Å². The van der Waals surface area contributed by atoms with Crippen molar-refractivity contribution in [2.45, 2.75) is 20.8 Å². The molecule has 5 heteroatoms. The topological polar surface area (TPSA) is 3.24 Å². The number of rotatable bonds is 3. The number of hydrogen-bond donors (Lipinski definition) is 0. The van der Waals surface area contributed by atoms with Crippen molar-refractivity contribution in [3.63, 3.8) is 0 Å². The van der Waals surface area contributed by atoms with Crippen molar-refractivity contribution in [3.05, 3.63) is 88.5 Å². The normalized spacial score (nSPS) is 10.9. The van der Waals surface area contributed by atoms with Crippen molar-refractivity contribution in [2.24, 2.45) is 0 Å². The highest BCUT2D eigenvalue weighted by Gasteiger charge is 2.24. The van der Waals surface area contributed by atoms with Gasteiger partial charge in [-0.05, 0) is 73.9 Å². The van der Waals surface area contributed by atoms with E-state index >= 15 is 0 Å². The second-order valence-corrected chi connectivity index (χ2v) is 6.30. The van der Waals surface area contributed by atoms with Crippen LogP contribution >= 0.6 is 0 Å². The second kappa shape index (κ2) is 6.83. The molecule has 0 saturated carbocycles. The summed E-state index contributed by atoms with van der Waals surface area (Å²) in [6, 6.07) is 10.7. The Morgan fingerprint density at radius 1 is 0.615 bits per heavy atom. The Morgan fingerprint density at radius 3 is 1.81 bits per heavy atom. The van der Waals surface area contributed by atoms with Gasteiger partial charge < -0.3 is 4.90 Å². The Bertz CT molecular complexity index is 959. The van der Waals surface area contributed by atoms with Gasteiger partial charge in [0.05, 0.1) is 5.69 Å². The van der Waals surface area contributed by atoms with E-state index in [1.165, 1.54) is 24.3 Å². The van der Waals surface area contributed by atoms with Crippen molar-refractivity contribution in [2.75, 3.05) is 4.90 Å². The van der Waals surface area contributed by atoms with E-state index in [-0.39, 0.29) is 11.4 Å². The van der Waals surface area contributed by atoms with E-state index in [9.17, 15) is 17.6 Å². The molecule has 3 rings (SSSR count). The van der Waals surface area contributed by atoms with Crippen LogP contribution in [-0.2, 0) is 0 Å². The Kier molecular flexibility index (Phi) is 4.72. The highest BCUT2D eigenvalue weighted by molar-refractivity contribution is 5.78. The summed E-state index contributed by atoms with van der Waals surface area (Å²) < 4.78 is 58.0. The van der Waals surface area contributed by atoms with Gasteiger partial charge in [0, 0.05) is 5.69 Å². The highest BCUT2D eigenvalue weighted by atomic mass is 19.1. The van der Waals surface area contributed by atoms with Gasteiger partial charge in [0.15, 0.2) is 0 Å². The summed E-state index contributed by atoms with van der Waals surface area (Å²) in [7, 11) is 0. The molecular weight excluding hydrogens is 342 g/mol. The molecular formula is C21H17F4N. The molecule has 0 radical (unpaired) electrons. The molecule has 134 valence electrons. The third kappa shape index (κ3) is 3.29. The van der Waals surface area contributed by atoms with E-state index in [1.54, 1.807) is 26.8 Å². The van der Waals surface area contributed by atoms with Gasteiger partial charge in [-0.2, -0.15) is 0 Å². The van der Waals surface area contributed by atoms with Crippen molar-refractivity contribution in [1.29, 1.82) is 0 Å². The molecule has 0 unspecified atom stereocenters. The van der Waals surface area contributed by atoms with Crippen molar-refractivity contribution >= 4 is 17.1 Å². The van der Waals surface area contributed by atoms with Crippen LogP contribution in [0.15, 0.2) is 48.5 Å². The van der Waals surface area contributed by atoms with Crippen LogP contribution in [0.2, 0.25) is 0 Å². The number of nitrogens with zero attached hydrogens (tertiary/aromatic N) is 1. The molecule has 0 aliphatic heterocycles. The highest BCUT2D eigenvalue weighted by Crippen LogP contribution is 2.40. The average Bonchev–Trinajstić information content (AvgIpc) is 2.54. The molecule has 3 aromatic carbocycles. The van der Waals surface area contributed by atoms with Gasteiger partial charge in [0.1, 0.15) is 29.0 Å². The van der Waals surface area contributed by atoms with E-state index in [2.05, 4.69) is 0 Å². The minimum atomic E-state index is -0.858. The lowest BCUT2D eigenvalue weighted by molar-refractivity contribution is 0.580. The lowest BCUT2D eigenvalue weighted by Crippen LogP contribution is -2.15. The van der Waals surface area contributed by atoms with E-state index in [0.29, 0.717) is 16.7 Å². The van der Waals surface area contributed by atoms with Crippen molar-refractivity contribution in [3.8, 4) is 0 Å². The predicted octanol–water partition coefficient (Wildman–Crippen LogP) is 6.64. The maximum atomic E-state index is 14.6. The van der Waals surface area contributed by atoms with E-state index in [1.807, 2.05) is 0 Å². The minimum Gasteiger partial charge on any atom is -0.302 e. The van der Waals surface area contributed by atoms with Crippen LogP contribution in [0.25, 0.3) is 0 Å². The number of halogens is 4. The summed E-state index contributed by atoms with van der Waals surface area (Å²) in [4.78, 5) is 1.06. The fourth-order valence-corrected chi connectivity index (χ4v) is 2.81. The van der Waals surface area contributed by atoms with Crippen molar-refractivity contribution in [1.82, 2.24) is 0 Å². The van der Waals surface area contributed by atoms with Crippen molar-refractivity contribution < 1.29 is 17.6 Å². The van der Waals surface area contributed by atoms with Crippen LogP contribution in [0.5, 0.6) is 0 Å². The van der Waals surface area contributed by atoms with Crippen LogP contribution in [0.4, 0.5) is 34.6 Å². The zero-order chi connectivity index (χ0) is 19.0. The molecule has 0 aromatic heterocycles. The summed E-state index contributed by atoms with van der Waals surface area (Å²) in [5.41, 5.74) is 1.02. The fraction of sp³-hybridized carbons (Fsp3) is 0.143. The van der Waals surface area contributed by atoms with Gasteiger partial charge in [0.25, 0.3) is 0 Å². The first-order valence-corrected chi connectivity index (χ1v) is 8.06. The molecule has 0 aliphatic carbocycles. The molecule has 0 saturated heterocycles. The monoisotopic (exact) mass is 359 g/mol. The van der Waals surface area contributed by atoms with Gasteiger partial charge in [-0.15, -0.1) is 0 Å². The summed E-state index contributed by atoms with van der Waals surface area (Å²) in [5.74, 6) is -2.93. The Morgan fingerprint density at radius 2 is 1.23 bits per heavy atom. The predicted molar refractivity (Wildman–Crippen MR) is 95.2 cm³/mol. The Balaban J connectivity index is 2.31. The van der Waals surface area contributed by atoms with Gasteiger partial charge >= 0.3 is 0 Å². The minimum absolute atomic E-state index is 0.0690. The lowest BCUT2D eigenvalue weighted by atomic mass is 10.1. The first kappa shape index (κ1) is 18.0. The Hall–Kier alpha value is -2.82. The zero-order valence-corrected chi connectivity index (χ0v) is 14.6. The molecule has 0 N–H and O–H groups in total. The van der Waals surface area contributed by atoms with E-state index < -0.39 is 29.0 Å². The smallest absolute Gasteiger partial charge is 0.150 e. The van der Waals surface area contributed by atoms with Crippen LogP contribution in [-0.4, -0.2) is 0 Å². The molecule has 1 nitrogen and oxygen atoms in total. The van der Waals surface area contributed by atoms with Crippen LogP contribution in [0.1, 0.15) is 16.7 Å². The maximum Gasteiger partial charge on any atom is 0.150 e. The molecule has 0 atom stereocenters. The summed E-state index contributed by atoms with van der Waals surface area (Å²) >= 11 is 0. The number of aryl methyl sites for hydroxylation is 3. The quantitative estimate of drug-likeness (QED) is 0.474. The maximum absolute atomic E-state index is 14.6. The number of hydrogen-bond acceptors (Lipinski definition) is 1. The SMILES string of the molecule is Cc1ccc(N(c2ccc(C)c(F)c2)c2c(F)cc(C)cc2F)c(F)c1. The standard InChI is InChI=1S/C21H17F4N/c1-12-4-7-20(17(23)8-12)26(15-6-5-14(3)16(22)11-15)21-18(24)9-13(2)10-19(21)25/h4-11H,1-3H3. The molecule has 0 fully saturated rings. The summed E-state index contributed by atoms with van der Waals surface area (Å²) in [6.07, 6.45) is 0. The average molecular weight is 359 g/mol. The van der Waals surface area contributed by atoms with Gasteiger partial charge in [-0.3, -0.25) is 0 Å². The molecule has 0 bridgehead atoms. The van der Waals surface area contributed by atoms with Gasteiger partial charge in [0.2, 0.25) is 0 Å². The molecule has 0 spiro atoms. The van der Waals surface area contributed by atoms with Gasteiger partial charge in [-0.1, -0.05) is 12.1 Å². The molecule has 3 aromatic rings. The van der Waals surface area contributed by atoms with Crippen LogP contribution in [0, 0.1) is 44.0 Å². The summed E-state index contributed by atoms with van der Waals surface area (Å²) in [6.45, 7) is 4.83. The third-order valence-electron chi connectivity index (χ3n) is 4.14. The molecule has 0 amide bonds. The van der Waals surface area contributed by atoms with Gasteiger partial charge in [-0.25, -0.2) is 17.6 Å². The fourth-order valence-electron chi connectivity index (χ4n) is 2.81. The molecule has 0 aliphatic rings. The Labute approximate surface area is 149 Å².